The Balaban J connectivity index is 2.71. The first-order valence-electron chi connectivity index (χ1n) is 3.93. The van der Waals surface area contributed by atoms with Crippen molar-refractivity contribution in [3.8, 4) is 0 Å². The third kappa shape index (κ3) is 1.59. The van der Waals surface area contributed by atoms with Gasteiger partial charge in [0.1, 0.15) is 0 Å². The van der Waals surface area contributed by atoms with Gasteiger partial charge >= 0.3 is 5.97 Å². The van der Waals surface area contributed by atoms with E-state index in [0.717, 1.165) is 0 Å². The smallest absolute Gasteiger partial charge is 0.340 e. The van der Waals surface area contributed by atoms with Gasteiger partial charge in [-0.3, -0.25) is 4.84 Å². The molecule has 1 fully saturated rings. The molecular weight excluding hydrogens is 158 g/mol. The number of hydrogen-bond donors (Lipinski definition) is 1. The molecule has 0 bridgehead atoms. The summed E-state index contributed by atoms with van der Waals surface area (Å²) in [6.07, 6.45) is 0.618. The summed E-state index contributed by atoms with van der Waals surface area (Å²) in [4.78, 5) is 16.4. The molecule has 1 rings (SSSR count). The lowest BCUT2D eigenvalue weighted by Gasteiger charge is -2.18. The van der Waals surface area contributed by atoms with Crippen LogP contribution in [0.15, 0.2) is 0 Å². The summed E-state index contributed by atoms with van der Waals surface area (Å²) < 4.78 is 4.63. The summed E-state index contributed by atoms with van der Waals surface area (Å²) in [5.74, 6) is -0.333. The molecule has 1 atom stereocenters. The number of hydroxylamine groups is 1. The average Bonchev–Trinajstić information content (AvgIpc) is 2.25. The zero-order valence-electron chi connectivity index (χ0n) is 7.93. The van der Waals surface area contributed by atoms with Crippen molar-refractivity contribution in [2.45, 2.75) is 38.3 Å². The second-order valence-corrected chi connectivity index (χ2v) is 3.99. The molecule has 0 radical (unpaired) electrons. The van der Waals surface area contributed by atoms with Gasteiger partial charge in [0.15, 0.2) is 5.60 Å². The second-order valence-electron chi connectivity index (χ2n) is 3.99. The number of rotatable bonds is 1. The quantitative estimate of drug-likeness (QED) is 0.590. The van der Waals surface area contributed by atoms with E-state index in [1.165, 1.54) is 7.11 Å². The molecule has 0 saturated carbocycles. The molecule has 12 heavy (non-hydrogen) atoms. The molecule has 70 valence electrons. The summed E-state index contributed by atoms with van der Waals surface area (Å²) in [5.41, 5.74) is 1.80. The lowest BCUT2D eigenvalue weighted by atomic mass is 9.91. The van der Waals surface area contributed by atoms with Gasteiger partial charge in [-0.05, 0) is 20.8 Å². The molecule has 0 aromatic rings. The predicted octanol–water partition coefficient (Wildman–Crippen LogP) is 0.622. The Labute approximate surface area is 72.2 Å². The van der Waals surface area contributed by atoms with E-state index >= 15 is 0 Å². The highest BCUT2D eigenvalue weighted by molar-refractivity contribution is 5.79. The van der Waals surface area contributed by atoms with Gasteiger partial charge < -0.3 is 4.74 Å². The van der Waals surface area contributed by atoms with Crippen molar-refractivity contribution in [2.75, 3.05) is 7.11 Å². The van der Waals surface area contributed by atoms with Crippen LogP contribution in [0.1, 0.15) is 27.2 Å². The van der Waals surface area contributed by atoms with Crippen LogP contribution in [0.2, 0.25) is 0 Å². The maximum atomic E-state index is 11.2. The number of esters is 1. The molecule has 1 aliphatic heterocycles. The van der Waals surface area contributed by atoms with Crippen molar-refractivity contribution >= 4 is 5.97 Å². The number of hydrogen-bond acceptors (Lipinski definition) is 4. The topological polar surface area (TPSA) is 47.6 Å². The summed E-state index contributed by atoms with van der Waals surface area (Å²) in [6, 6.07) is 0. The predicted molar refractivity (Wildman–Crippen MR) is 43.3 cm³/mol. The monoisotopic (exact) mass is 173 g/mol. The van der Waals surface area contributed by atoms with Crippen LogP contribution < -0.4 is 5.48 Å². The largest absolute Gasteiger partial charge is 0.467 e. The highest BCUT2D eigenvalue weighted by Gasteiger charge is 2.47. The average molecular weight is 173 g/mol. The van der Waals surface area contributed by atoms with Crippen LogP contribution in [0.5, 0.6) is 0 Å². The van der Waals surface area contributed by atoms with E-state index in [4.69, 9.17) is 4.84 Å². The number of ether oxygens (including phenoxy) is 1. The minimum Gasteiger partial charge on any atom is -0.467 e. The Hall–Kier alpha value is -0.610. The van der Waals surface area contributed by atoms with Crippen molar-refractivity contribution < 1.29 is 14.4 Å². The first-order valence-corrected chi connectivity index (χ1v) is 3.93. The molecule has 4 heteroatoms. The lowest BCUT2D eigenvalue weighted by molar-refractivity contribution is -0.167. The Morgan fingerprint density at radius 1 is 1.50 bits per heavy atom. The maximum absolute atomic E-state index is 11.2. The van der Waals surface area contributed by atoms with E-state index in [1.807, 2.05) is 13.8 Å². The first-order chi connectivity index (χ1) is 5.40. The molecular formula is C8H15NO3. The standard InChI is InChI=1S/C8H15NO3/c1-7(2)5-8(3,12-9-7)6(10)11-4/h9H,5H2,1-4H3/t8-/m0/s1. The molecule has 0 aromatic carbocycles. The Morgan fingerprint density at radius 3 is 2.42 bits per heavy atom. The number of carbonyl (C=O) groups is 1. The fourth-order valence-corrected chi connectivity index (χ4v) is 1.50. The minimum atomic E-state index is -0.835. The third-order valence-electron chi connectivity index (χ3n) is 1.95. The fraction of sp³-hybridized carbons (Fsp3) is 0.875. The van der Waals surface area contributed by atoms with Crippen molar-refractivity contribution in [1.82, 2.24) is 5.48 Å². The Bertz CT molecular complexity index is 202. The van der Waals surface area contributed by atoms with Crippen LogP contribution in [0.4, 0.5) is 0 Å². The van der Waals surface area contributed by atoms with E-state index in [9.17, 15) is 4.79 Å². The summed E-state index contributed by atoms with van der Waals surface area (Å²) >= 11 is 0. The van der Waals surface area contributed by atoms with Gasteiger partial charge in [-0.2, -0.15) is 5.48 Å². The van der Waals surface area contributed by atoms with E-state index < -0.39 is 5.60 Å². The van der Waals surface area contributed by atoms with Crippen LogP contribution >= 0.6 is 0 Å². The molecule has 1 aliphatic rings. The van der Waals surface area contributed by atoms with Gasteiger partial charge in [0.05, 0.1) is 7.11 Å². The van der Waals surface area contributed by atoms with E-state index in [2.05, 4.69) is 10.2 Å². The highest BCUT2D eigenvalue weighted by Crippen LogP contribution is 2.30. The SMILES string of the molecule is COC(=O)[C@]1(C)CC(C)(C)NO1. The van der Waals surface area contributed by atoms with Crippen molar-refractivity contribution in [2.24, 2.45) is 0 Å². The van der Waals surface area contributed by atoms with Gasteiger partial charge in [-0.15, -0.1) is 0 Å². The third-order valence-corrected chi connectivity index (χ3v) is 1.95. The molecule has 1 N–H and O–H groups in total. The van der Waals surface area contributed by atoms with Crippen LogP contribution in [-0.4, -0.2) is 24.2 Å². The molecule has 0 amide bonds. The van der Waals surface area contributed by atoms with Crippen molar-refractivity contribution in [1.29, 1.82) is 0 Å². The molecule has 0 unspecified atom stereocenters. The molecule has 1 saturated heterocycles. The van der Waals surface area contributed by atoms with Gasteiger partial charge in [-0.25, -0.2) is 4.79 Å². The summed E-state index contributed by atoms with van der Waals surface area (Å²) in [7, 11) is 1.36. The fourth-order valence-electron chi connectivity index (χ4n) is 1.50. The first kappa shape index (κ1) is 9.48. The van der Waals surface area contributed by atoms with E-state index in [1.54, 1.807) is 6.92 Å². The van der Waals surface area contributed by atoms with Crippen molar-refractivity contribution in [3.05, 3.63) is 0 Å². The van der Waals surface area contributed by atoms with E-state index in [-0.39, 0.29) is 11.5 Å². The second kappa shape index (κ2) is 2.71. The molecule has 0 spiro atoms. The number of carbonyl (C=O) groups excluding carboxylic acids is 1. The van der Waals surface area contributed by atoms with Crippen LogP contribution in [0, 0.1) is 0 Å². The number of methoxy groups -OCH3 is 1. The number of nitrogens with one attached hydrogen (secondary N) is 1. The zero-order chi connectivity index (χ0) is 9.41. The van der Waals surface area contributed by atoms with E-state index in [0.29, 0.717) is 6.42 Å². The zero-order valence-corrected chi connectivity index (χ0v) is 7.93. The van der Waals surface area contributed by atoms with Crippen LogP contribution in [0.25, 0.3) is 0 Å². The van der Waals surface area contributed by atoms with Crippen molar-refractivity contribution in [3.63, 3.8) is 0 Å². The summed E-state index contributed by atoms with van der Waals surface area (Å²) in [5, 5.41) is 0. The van der Waals surface area contributed by atoms with Crippen LogP contribution in [-0.2, 0) is 14.4 Å². The van der Waals surface area contributed by atoms with Gasteiger partial charge in [0.2, 0.25) is 0 Å². The minimum absolute atomic E-state index is 0.164. The molecule has 0 aliphatic carbocycles. The van der Waals surface area contributed by atoms with Crippen LogP contribution in [0.3, 0.4) is 0 Å². The van der Waals surface area contributed by atoms with Gasteiger partial charge in [0.25, 0.3) is 0 Å². The maximum Gasteiger partial charge on any atom is 0.340 e. The van der Waals surface area contributed by atoms with Gasteiger partial charge in [0, 0.05) is 12.0 Å². The molecule has 1 heterocycles. The lowest BCUT2D eigenvalue weighted by Crippen LogP contribution is -2.36. The van der Waals surface area contributed by atoms with Gasteiger partial charge in [-0.1, -0.05) is 0 Å². The normalized spacial score (nSPS) is 33.3. The molecule has 4 nitrogen and oxygen atoms in total. The Morgan fingerprint density at radius 2 is 2.08 bits per heavy atom. The highest BCUT2D eigenvalue weighted by atomic mass is 16.7. The molecule has 0 aromatic heterocycles. The summed E-state index contributed by atoms with van der Waals surface area (Å²) in [6.45, 7) is 5.67. The Kier molecular flexibility index (Phi) is 2.14.